The van der Waals surface area contributed by atoms with Crippen molar-refractivity contribution in [3.05, 3.63) is 41.2 Å². The van der Waals surface area contributed by atoms with E-state index in [9.17, 15) is 4.79 Å². The molecule has 2 N–H and O–H groups in total. The van der Waals surface area contributed by atoms with Crippen LogP contribution in [-0.4, -0.2) is 43.3 Å². The van der Waals surface area contributed by atoms with Crippen LogP contribution < -0.4 is 25.0 Å². The maximum Gasteiger partial charge on any atom is 0.325 e. The number of carbonyl (C=O) groups excluding carboxylic acids is 1. The number of ether oxygens (including phenoxy) is 2. The van der Waals surface area contributed by atoms with Gasteiger partial charge in [-0.25, -0.2) is 9.78 Å². The van der Waals surface area contributed by atoms with Crippen molar-refractivity contribution >= 4 is 34.8 Å². The molecule has 0 saturated carbocycles. The Balaban J connectivity index is 1.96. The van der Waals surface area contributed by atoms with Crippen molar-refractivity contribution < 1.29 is 14.3 Å². The molecule has 1 aromatic carbocycles. The van der Waals surface area contributed by atoms with Gasteiger partial charge in [0.15, 0.2) is 5.82 Å². The summed E-state index contributed by atoms with van der Waals surface area (Å²) < 4.78 is 11.2. The number of amides is 2. The average molecular weight is 401 g/mol. The van der Waals surface area contributed by atoms with Crippen LogP contribution in [0.1, 0.15) is 5.69 Å². The fourth-order valence-electron chi connectivity index (χ4n) is 2.38. The molecule has 0 aliphatic carbocycles. The van der Waals surface area contributed by atoms with Crippen LogP contribution in [0.2, 0.25) is 5.02 Å². The standard InChI is InChI=1S/C18H17ClN6O3/c1-25(2)14-8-15-12(7-11(14)19)22-18(26)24-16-10-21-13(9-20)17(23-16)28-6-4-3-5-27-15/h3-4,7-8,10H,5-6H2,1-2H3,(H2,22,23,24,26)/b4-3-. The number of nitriles is 1. The minimum Gasteiger partial charge on any atom is -0.487 e. The number of anilines is 3. The number of nitrogens with one attached hydrogen (secondary N) is 2. The largest absolute Gasteiger partial charge is 0.487 e. The van der Waals surface area contributed by atoms with Gasteiger partial charge in [0.2, 0.25) is 5.69 Å². The molecule has 0 saturated heterocycles. The predicted octanol–water partition coefficient (Wildman–Crippen LogP) is 3.04. The molecule has 2 bridgehead atoms. The average Bonchev–Trinajstić information content (AvgIpc) is 2.65. The molecule has 0 atom stereocenters. The topological polar surface area (TPSA) is 112 Å². The normalized spacial score (nSPS) is 14.7. The molecule has 28 heavy (non-hydrogen) atoms. The number of benzene rings is 1. The number of halogens is 1. The van der Waals surface area contributed by atoms with Crippen LogP contribution in [0.15, 0.2) is 30.5 Å². The summed E-state index contributed by atoms with van der Waals surface area (Å²) in [7, 11) is 3.71. The first-order chi connectivity index (χ1) is 13.5. The molecule has 2 amide bonds. The Bertz CT molecular complexity index is 971. The third-order valence-electron chi connectivity index (χ3n) is 3.69. The van der Waals surface area contributed by atoms with Gasteiger partial charge in [-0.15, -0.1) is 0 Å². The SMILES string of the molecule is CN(C)c1cc2c(cc1Cl)NC(=O)Nc1cnc(C#N)c(n1)OC/C=C\CO2. The summed E-state index contributed by atoms with van der Waals surface area (Å²) in [6.07, 6.45) is 4.75. The number of hydrogen-bond donors (Lipinski definition) is 2. The van der Waals surface area contributed by atoms with E-state index in [0.717, 1.165) is 5.69 Å². The van der Waals surface area contributed by atoms with Crippen LogP contribution in [0, 0.1) is 11.3 Å². The quantitative estimate of drug-likeness (QED) is 0.707. The smallest absolute Gasteiger partial charge is 0.325 e. The first-order valence-electron chi connectivity index (χ1n) is 8.24. The minimum atomic E-state index is -0.573. The van der Waals surface area contributed by atoms with Gasteiger partial charge in [0.05, 0.1) is 22.6 Å². The van der Waals surface area contributed by atoms with Gasteiger partial charge in [-0.05, 0) is 18.2 Å². The Hall–Kier alpha value is -3.51. The van der Waals surface area contributed by atoms with Gasteiger partial charge >= 0.3 is 6.03 Å². The van der Waals surface area contributed by atoms with Gasteiger partial charge in [-0.3, -0.25) is 5.32 Å². The number of nitrogens with zero attached hydrogens (tertiary/aromatic N) is 4. The molecule has 0 unspecified atom stereocenters. The summed E-state index contributed by atoms with van der Waals surface area (Å²) in [6.45, 7) is 0.407. The van der Waals surface area contributed by atoms with E-state index in [-0.39, 0.29) is 30.6 Å². The highest BCUT2D eigenvalue weighted by Crippen LogP contribution is 2.36. The third-order valence-corrected chi connectivity index (χ3v) is 3.99. The summed E-state index contributed by atoms with van der Waals surface area (Å²) in [5, 5.41) is 14.8. The fourth-order valence-corrected chi connectivity index (χ4v) is 2.72. The Morgan fingerprint density at radius 1 is 1.21 bits per heavy atom. The molecular formula is C18H17ClN6O3. The summed E-state index contributed by atoms with van der Waals surface area (Å²) in [5.41, 5.74) is 1.17. The van der Waals surface area contributed by atoms with Gasteiger partial charge in [0, 0.05) is 20.2 Å². The number of carbonyl (C=O) groups is 1. The second-order valence-corrected chi connectivity index (χ2v) is 6.29. The molecule has 1 aliphatic heterocycles. The van der Waals surface area contributed by atoms with Gasteiger partial charge in [-0.2, -0.15) is 10.2 Å². The second-order valence-electron chi connectivity index (χ2n) is 5.89. The predicted molar refractivity (Wildman–Crippen MR) is 105 cm³/mol. The van der Waals surface area contributed by atoms with E-state index in [4.69, 9.17) is 26.3 Å². The zero-order valence-corrected chi connectivity index (χ0v) is 15.9. The number of fused-ring (bicyclic) bond motifs is 3. The highest BCUT2D eigenvalue weighted by Gasteiger charge is 2.16. The highest BCUT2D eigenvalue weighted by atomic mass is 35.5. The zero-order valence-electron chi connectivity index (χ0n) is 15.2. The molecule has 2 aromatic rings. The lowest BCUT2D eigenvalue weighted by Gasteiger charge is -2.19. The van der Waals surface area contributed by atoms with E-state index in [0.29, 0.717) is 16.5 Å². The Morgan fingerprint density at radius 2 is 1.96 bits per heavy atom. The highest BCUT2D eigenvalue weighted by molar-refractivity contribution is 6.33. The number of rotatable bonds is 1. The van der Waals surface area contributed by atoms with Crippen molar-refractivity contribution in [3.8, 4) is 17.7 Å². The van der Waals surface area contributed by atoms with Crippen molar-refractivity contribution in [2.45, 2.75) is 0 Å². The molecule has 0 radical (unpaired) electrons. The van der Waals surface area contributed by atoms with Crippen LogP contribution >= 0.6 is 11.6 Å². The van der Waals surface area contributed by atoms with Gasteiger partial charge in [0.25, 0.3) is 5.88 Å². The Labute approximate surface area is 166 Å². The lowest BCUT2D eigenvalue weighted by molar-refractivity contribution is 0.262. The van der Waals surface area contributed by atoms with E-state index in [1.165, 1.54) is 6.20 Å². The number of aromatic nitrogens is 2. The molecule has 0 fully saturated rings. The summed E-state index contributed by atoms with van der Waals surface area (Å²) in [6, 6.07) is 4.67. The van der Waals surface area contributed by atoms with Crippen molar-refractivity contribution in [1.29, 1.82) is 5.26 Å². The van der Waals surface area contributed by atoms with Crippen LogP contribution in [-0.2, 0) is 0 Å². The molecular weight excluding hydrogens is 384 g/mol. The maximum absolute atomic E-state index is 12.4. The molecule has 1 aromatic heterocycles. The Kier molecular flexibility index (Phi) is 5.81. The molecule has 9 nitrogen and oxygen atoms in total. The van der Waals surface area contributed by atoms with Crippen LogP contribution in [0.25, 0.3) is 0 Å². The lowest BCUT2D eigenvalue weighted by atomic mass is 10.2. The monoisotopic (exact) mass is 400 g/mol. The second kappa shape index (κ2) is 8.45. The first kappa shape index (κ1) is 19.3. The molecule has 1 aliphatic rings. The van der Waals surface area contributed by atoms with E-state index >= 15 is 0 Å². The fraction of sp³-hybridized carbons (Fsp3) is 0.222. The number of hydrogen-bond acceptors (Lipinski definition) is 7. The van der Waals surface area contributed by atoms with Crippen molar-refractivity contribution in [2.75, 3.05) is 42.8 Å². The van der Waals surface area contributed by atoms with Gasteiger partial charge in [-0.1, -0.05) is 11.6 Å². The van der Waals surface area contributed by atoms with Crippen molar-refractivity contribution in [2.24, 2.45) is 0 Å². The summed E-state index contributed by atoms with van der Waals surface area (Å²) in [4.78, 5) is 22.3. The van der Waals surface area contributed by atoms with E-state index in [2.05, 4.69) is 20.6 Å². The first-order valence-corrected chi connectivity index (χ1v) is 8.62. The summed E-state index contributed by atoms with van der Waals surface area (Å²) >= 11 is 6.31. The lowest BCUT2D eigenvalue weighted by Crippen LogP contribution is -2.21. The van der Waals surface area contributed by atoms with Crippen LogP contribution in [0.4, 0.5) is 22.0 Å². The van der Waals surface area contributed by atoms with Crippen molar-refractivity contribution in [3.63, 3.8) is 0 Å². The summed E-state index contributed by atoms with van der Waals surface area (Å²) in [5.74, 6) is 0.616. The minimum absolute atomic E-state index is 0.0241. The molecule has 3 rings (SSSR count). The molecule has 2 heterocycles. The molecule has 0 spiro atoms. The number of urea groups is 1. The Morgan fingerprint density at radius 3 is 2.68 bits per heavy atom. The third kappa shape index (κ3) is 4.42. The van der Waals surface area contributed by atoms with E-state index in [1.54, 1.807) is 24.3 Å². The van der Waals surface area contributed by atoms with E-state index < -0.39 is 6.03 Å². The van der Waals surface area contributed by atoms with E-state index in [1.807, 2.05) is 25.1 Å². The van der Waals surface area contributed by atoms with Gasteiger partial charge < -0.3 is 19.7 Å². The maximum atomic E-state index is 12.4. The van der Waals surface area contributed by atoms with Crippen LogP contribution in [0.5, 0.6) is 11.6 Å². The zero-order chi connectivity index (χ0) is 20.1. The van der Waals surface area contributed by atoms with Crippen LogP contribution in [0.3, 0.4) is 0 Å². The molecule has 144 valence electrons. The molecule has 10 heteroatoms. The van der Waals surface area contributed by atoms with Gasteiger partial charge in [0.1, 0.15) is 25.0 Å². The van der Waals surface area contributed by atoms with Crippen molar-refractivity contribution in [1.82, 2.24) is 9.97 Å².